The molecule has 0 aliphatic carbocycles. The van der Waals surface area contributed by atoms with Crippen molar-refractivity contribution in [2.75, 3.05) is 25.1 Å². The summed E-state index contributed by atoms with van der Waals surface area (Å²) in [5, 5.41) is 0.606. The summed E-state index contributed by atoms with van der Waals surface area (Å²) in [7, 11) is 1.43. The van der Waals surface area contributed by atoms with Crippen LogP contribution in [0.2, 0.25) is 0 Å². The largest absolute Gasteiger partial charge is 0.469 e. The lowest BCUT2D eigenvalue weighted by Gasteiger charge is -2.34. The lowest BCUT2D eigenvalue weighted by Crippen LogP contribution is -2.36. The van der Waals surface area contributed by atoms with Gasteiger partial charge < -0.3 is 15.4 Å². The van der Waals surface area contributed by atoms with E-state index in [9.17, 15) is 9.59 Å². The number of nitrogens with zero attached hydrogens (tertiary/aromatic N) is 3. The second-order valence-electron chi connectivity index (χ2n) is 8.34. The van der Waals surface area contributed by atoms with Crippen molar-refractivity contribution < 1.29 is 9.53 Å². The lowest BCUT2D eigenvalue weighted by atomic mass is 9.93. The Hall–Kier alpha value is -3.19. The van der Waals surface area contributed by atoms with Crippen LogP contribution in [0, 0.1) is 5.92 Å². The predicted octanol–water partition coefficient (Wildman–Crippen LogP) is 3.58. The Morgan fingerprint density at radius 3 is 2.53 bits per heavy atom. The highest BCUT2D eigenvalue weighted by atomic mass is 16.5. The number of hydrogen-bond acceptors (Lipinski definition) is 6. The highest BCUT2D eigenvalue weighted by molar-refractivity contribution is 5.91. The summed E-state index contributed by atoms with van der Waals surface area (Å²) < 4.78 is 6.47. The molecule has 4 rings (SSSR count). The zero-order chi connectivity index (χ0) is 22.7. The van der Waals surface area contributed by atoms with E-state index in [0.29, 0.717) is 35.5 Å². The van der Waals surface area contributed by atoms with Gasteiger partial charge in [-0.25, -0.2) is 4.98 Å². The van der Waals surface area contributed by atoms with Gasteiger partial charge in [-0.15, -0.1) is 0 Å². The van der Waals surface area contributed by atoms with Gasteiger partial charge in [-0.3, -0.25) is 14.2 Å². The molecule has 0 saturated carbocycles. The Kier molecular flexibility index (Phi) is 6.55. The quantitative estimate of drug-likeness (QED) is 0.597. The lowest BCUT2D eigenvalue weighted by molar-refractivity contribution is -0.141. The smallest absolute Gasteiger partial charge is 0.305 e. The van der Waals surface area contributed by atoms with Gasteiger partial charge >= 0.3 is 5.97 Å². The first-order valence-corrected chi connectivity index (χ1v) is 11.2. The maximum atomic E-state index is 13.9. The van der Waals surface area contributed by atoms with Crippen LogP contribution in [0.4, 0.5) is 5.69 Å². The van der Waals surface area contributed by atoms with Crippen molar-refractivity contribution in [2.45, 2.75) is 38.6 Å². The summed E-state index contributed by atoms with van der Waals surface area (Å²) in [5.41, 5.74) is 8.58. The number of rotatable bonds is 6. The summed E-state index contributed by atoms with van der Waals surface area (Å²) in [6.07, 6.45) is 2.88. The number of fused-ring (bicyclic) bond motifs is 1. The molecule has 168 valence electrons. The third kappa shape index (κ3) is 4.25. The number of ether oxygens (including phenoxy) is 1. The zero-order valence-corrected chi connectivity index (χ0v) is 18.7. The van der Waals surface area contributed by atoms with E-state index in [1.165, 1.54) is 7.11 Å². The maximum absolute atomic E-state index is 13.9. The molecule has 1 fully saturated rings. The minimum absolute atomic E-state index is 0.104. The van der Waals surface area contributed by atoms with Crippen LogP contribution in [-0.2, 0) is 9.53 Å². The molecule has 7 nitrogen and oxygen atoms in total. The van der Waals surface area contributed by atoms with Crippen molar-refractivity contribution in [3.05, 3.63) is 64.7 Å². The van der Waals surface area contributed by atoms with Gasteiger partial charge in [-0.1, -0.05) is 31.2 Å². The number of nitrogens with two attached hydrogens (primary N) is 1. The van der Waals surface area contributed by atoms with E-state index in [0.717, 1.165) is 37.3 Å². The number of esters is 1. The third-order valence-electron chi connectivity index (χ3n) is 6.33. The van der Waals surface area contributed by atoms with Crippen LogP contribution >= 0.6 is 0 Å². The van der Waals surface area contributed by atoms with E-state index < -0.39 is 0 Å². The summed E-state index contributed by atoms with van der Waals surface area (Å²) in [6, 6.07) is 15.0. The van der Waals surface area contributed by atoms with Gasteiger partial charge in [0.25, 0.3) is 5.56 Å². The molecule has 0 bridgehead atoms. The van der Waals surface area contributed by atoms with E-state index in [1.807, 2.05) is 55.5 Å². The summed E-state index contributed by atoms with van der Waals surface area (Å²) in [5.74, 6) is 0.718. The van der Waals surface area contributed by atoms with Crippen molar-refractivity contribution in [3.8, 4) is 5.69 Å². The van der Waals surface area contributed by atoms with Gasteiger partial charge in [0.15, 0.2) is 0 Å². The minimum atomic E-state index is -0.343. The third-order valence-corrected chi connectivity index (χ3v) is 6.33. The molecular weight excluding hydrogens is 404 g/mol. The van der Waals surface area contributed by atoms with Crippen molar-refractivity contribution in [3.63, 3.8) is 0 Å². The average molecular weight is 435 g/mol. The molecular formula is C25H30N4O3. The molecule has 1 saturated heterocycles. The first-order valence-electron chi connectivity index (χ1n) is 11.2. The SMILES string of the molecule is CC[C@H](N)c1nc2cccc(N3CCC(CC(=O)OC)CC3)c2c(=O)n1-c1ccccc1. The summed E-state index contributed by atoms with van der Waals surface area (Å²) in [4.78, 5) is 32.6. The monoisotopic (exact) mass is 434 g/mol. The Balaban J connectivity index is 1.78. The van der Waals surface area contributed by atoms with Crippen molar-refractivity contribution >= 4 is 22.6 Å². The number of benzene rings is 2. The fourth-order valence-corrected chi connectivity index (χ4v) is 4.45. The number of carbonyl (C=O) groups is 1. The molecule has 1 aromatic heterocycles. The average Bonchev–Trinajstić information content (AvgIpc) is 2.84. The number of hydrogen-bond donors (Lipinski definition) is 1. The number of piperidine rings is 1. The number of para-hydroxylation sites is 1. The van der Waals surface area contributed by atoms with Crippen molar-refractivity contribution in [1.29, 1.82) is 0 Å². The van der Waals surface area contributed by atoms with Crippen LogP contribution < -0.4 is 16.2 Å². The highest BCUT2D eigenvalue weighted by Crippen LogP contribution is 2.30. The van der Waals surface area contributed by atoms with E-state index in [2.05, 4.69) is 4.90 Å². The van der Waals surface area contributed by atoms with E-state index in [1.54, 1.807) is 4.57 Å². The molecule has 0 amide bonds. The van der Waals surface area contributed by atoms with Crippen LogP contribution in [0.15, 0.2) is 53.3 Å². The van der Waals surface area contributed by atoms with E-state index in [-0.39, 0.29) is 17.6 Å². The molecule has 0 spiro atoms. The summed E-state index contributed by atoms with van der Waals surface area (Å²) >= 11 is 0. The Bertz CT molecular complexity index is 1150. The van der Waals surface area contributed by atoms with Gasteiger partial charge in [0.1, 0.15) is 5.82 Å². The fourth-order valence-electron chi connectivity index (χ4n) is 4.45. The van der Waals surface area contributed by atoms with Crippen LogP contribution in [0.1, 0.15) is 44.5 Å². The zero-order valence-electron chi connectivity index (χ0n) is 18.7. The molecule has 0 unspecified atom stereocenters. The minimum Gasteiger partial charge on any atom is -0.469 e. The topological polar surface area (TPSA) is 90.5 Å². The second-order valence-corrected chi connectivity index (χ2v) is 8.34. The van der Waals surface area contributed by atoms with Crippen LogP contribution in [-0.4, -0.2) is 35.7 Å². The molecule has 1 aliphatic rings. The molecule has 2 N–H and O–H groups in total. The first kappa shape index (κ1) is 22.0. The molecule has 32 heavy (non-hydrogen) atoms. The fraction of sp³-hybridized carbons (Fsp3) is 0.400. The van der Waals surface area contributed by atoms with Gasteiger partial charge in [0.05, 0.1) is 35.4 Å². The Morgan fingerprint density at radius 1 is 1.16 bits per heavy atom. The van der Waals surface area contributed by atoms with Crippen molar-refractivity contribution in [2.24, 2.45) is 11.7 Å². The number of anilines is 1. The van der Waals surface area contributed by atoms with Gasteiger partial charge in [0.2, 0.25) is 0 Å². The van der Waals surface area contributed by atoms with Crippen LogP contribution in [0.3, 0.4) is 0 Å². The van der Waals surface area contributed by atoms with Crippen LogP contribution in [0.25, 0.3) is 16.6 Å². The maximum Gasteiger partial charge on any atom is 0.305 e. The molecule has 2 heterocycles. The molecule has 2 aromatic carbocycles. The molecule has 7 heteroatoms. The van der Waals surface area contributed by atoms with Gasteiger partial charge in [0, 0.05) is 19.5 Å². The molecule has 0 radical (unpaired) electrons. The predicted molar refractivity (Wildman–Crippen MR) is 126 cm³/mol. The van der Waals surface area contributed by atoms with Gasteiger partial charge in [-0.2, -0.15) is 0 Å². The van der Waals surface area contributed by atoms with E-state index in [4.69, 9.17) is 15.5 Å². The van der Waals surface area contributed by atoms with Gasteiger partial charge in [-0.05, 0) is 49.4 Å². The van der Waals surface area contributed by atoms with E-state index >= 15 is 0 Å². The number of methoxy groups -OCH3 is 1. The first-order chi connectivity index (χ1) is 15.5. The standard InChI is InChI=1S/C25H30N4O3/c1-3-19(26)24-27-20-10-7-11-21(28-14-12-17(13-15-28)16-22(30)32-2)23(20)25(31)29(24)18-8-5-4-6-9-18/h4-11,17,19H,3,12-16,26H2,1-2H3/t19-/m0/s1. The second kappa shape index (κ2) is 9.53. The Labute approximate surface area is 187 Å². The highest BCUT2D eigenvalue weighted by Gasteiger charge is 2.25. The number of aromatic nitrogens is 2. The number of carbonyl (C=O) groups excluding carboxylic acids is 1. The normalized spacial score (nSPS) is 15.7. The molecule has 1 aliphatic heterocycles. The Morgan fingerprint density at radius 2 is 1.88 bits per heavy atom. The molecule has 1 atom stereocenters. The summed E-state index contributed by atoms with van der Waals surface area (Å²) in [6.45, 7) is 3.55. The van der Waals surface area contributed by atoms with Crippen LogP contribution in [0.5, 0.6) is 0 Å². The molecule has 3 aromatic rings. The van der Waals surface area contributed by atoms with Crippen molar-refractivity contribution in [1.82, 2.24) is 9.55 Å².